The van der Waals surface area contributed by atoms with Crippen LogP contribution in [0.15, 0.2) is 72.8 Å². The zero-order valence-corrected chi connectivity index (χ0v) is 29.8. The summed E-state index contributed by atoms with van der Waals surface area (Å²) >= 11 is 0. The molecule has 4 nitrogen and oxygen atoms in total. The molecule has 0 saturated heterocycles. The van der Waals surface area contributed by atoms with Crippen molar-refractivity contribution in [2.24, 2.45) is 10.8 Å². The van der Waals surface area contributed by atoms with E-state index in [0.717, 1.165) is 22.5 Å². The summed E-state index contributed by atoms with van der Waals surface area (Å²) in [5.74, 6) is 0.104. The Morgan fingerprint density at radius 3 is 2.05 bits per heavy atom. The van der Waals surface area contributed by atoms with Gasteiger partial charge in [0.1, 0.15) is 12.1 Å². The minimum absolute atomic E-state index is 0. The summed E-state index contributed by atoms with van der Waals surface area (Å²) in [5.41, 5.74) is 7.30. The van der Waals surface area contributed by atoms with Crippen LogP contribution in [0, 0.1) is 16.9 Å². The Kier molecular flexibility index (Phi) is 9.66. The number of ketones is 1. The standard InChI is InChI=1S/C27H25N2.C11H20O2.Ir/c1-26(2,3)19-13-10-18(11-14-19)24-23-22-20-9-7-6-8-17(20)12-15-21(22)27(4,5)25(23)29-16-28-24;1-10(2,3)8(12)7-9(13)11(4,5)6;/h6-10,12-16H,1-5H3;7,12H,1-6H3;/q-1;;/b;8-7-;. The van der Waals surface area contributed by atoms with E-state index in [9.17, 15) is 9.90 Å². The number of carbonyl (C=O) groups excluding carboxylic acids is 1. The monoisotopic (exact) mass is 754 g/mol. The van der Waals surface area contributed by atoms with Crippen LogP contribution in [-0.4, -0.2) is 20.9 Å². The van der Waals surface area contributed by atoms with E-state index < -0.39 is 5.41 Å². The summed E-state index contributed by atoms with van der Waals surface area (Å²) < 4.78 is 0. The molecule has 0 atom stereocenters. The first kappa shape index (κ1) is 34.4. The van der Waals surface area contributed by atoms with Gasteiger partial charge in [0.25, 0.3) is 0 Å². The average Bonchev–Trinajstić information content (AvgIpc) is 3.14. The fourth-order valence-corrected chi connectivity index (χ4v) is 5.09. The number of aromatic nitrogens is 2. The number of hydrogen-bond donors (Lipinski definition) is 1. The van der Waals surface area contributed by atoms with Crippen LogP contribution in [0.4, 0.5) is 0 Å². The Labute approximate surface area is 271 Å². The Hall–Kier alpha value is -3.14. The summed E-state index contributed by atoms with van der Waals surface area (Å²) in [7, 11) is 0. The van der Waals surface area contributed by atoms with Crippen molar-refractivity contribution in [2.75, 3.05) is 0 Å². The molecule has 0 amide bonds. The molecule has 5 heteroatoms. The zero-order chi connectivity index (χ0) is 31.3. The van der Waals surface area contributed by atoms with Crippen molar-refractivity contribution in [3.8, 4) is 22.4 Å². The first-order valence-electron chi connectivity index (χ1n) is 14.7. The normalized spacial score (nSPS) is 14.3. The second-order valence-corrected chi connectivity index (χ2v) is 14.9. The molecule has 43 heavy (non-hydrogen) atoms. The number of carbonyl (C=O) groups is 1. The molecular weight excluding hydrogens is 709 g/mol. The second-order valence-electron chi connectivity index (χ2n) is 14.9. The topological polar surface area (TPSA) is 63.1 Å². The Morgan fingerprint density at radius 1 is 0.837 bits per heavy atom. The Morgan fingerprint density at radius 2 is 1.49 bits per heavy atom. The molecule has 229 valence electrons. The summed E-state index contributed by atoms with van der Waals surface area (Å²) in [6, 6.07) is 23.0. The SMILES string of the molecule is CC(C)(C)C(=O)/C=C(\O)C(C)(C)C.CC(C)(C)c1c[c-]c(-c2ncnc3c2-c2c(ccc4ccccc24)C3(C)C)cc1.[Ir]. The quantitative estimate of drug-likeness (QED) is 0.126. The van der Waals surface area contributed by atoms with Crippen molar-refractivity contribution in [3.05, 3.63) is 95.6 Å². The largest absolute Gasteiger partial charge is 0.512 e. The van der Waals surface area contributed by atoms with Crippen molar-refractivity contribution >= 4 is 16.6 Å². The van der Waals surface area contributed by atoms with E-state index in [-0.39, 0.29) is 47.9 Å². The molecule has 5 rings (SSSR count). The van der Waals surface area contributed by atoms with Gasteiger partial charge in [-0.25, -0.2) is 4.98 Å². The van der Waals surface area contributed by atoms with Crippen LogP contribution in [0.5, 0.6) is 0 Å². The number of nitrogens with zero attached hydrogens (tertiary/aromatic N) is 2. The Bertz CT molecular complexity index is 1660. The molecule has 0 aliphatic heterocycles. The van der Waals surface area contributed by atoms with E-state index in [1.807, 2.05) is 41.5 Å². The maximum Gasteiger partial charge on any atom is 0.164 e. The third-order valence-electron chi connectivity index (χ3n) is 8.00. The van der Waals surface area contributed by atoms with Gasteiger partial charge in [-0.1, -0.05) is 113 Å². The van der Waals surface area contributed by atoms with Crippen molar-refractivity contribution in [3.63, 3.8) is 0 Å². The number of benzene rings is 3. The van der Waals surface area contributed by atoms with E-state index in [2.05, 4.69) is 95.3 Å². The number of aliphatic hydroxyl groups is 1. The minimum Gasteiger partial charge on any atom is -0.512 e. The van der Waals surface area contributed by atoms with Gasteiger partial charge in [-0.2, -0.15) is 0 Å². The van der Waals surface area contributed by atoms with E-state index in [1.54, 1.807) is 6.33 Å². The van der Waals surface area contributed by atoms with Crippen LogP contribution in [0.1, 0.15) is 93.0 Å². The van der Waals surface area contributed by atoms with Crippen molar-refractivity contribution in [1.82, 2.24) is 9.97 Å². The van der Waals surface area contributed by atoms with Gasteiger partial charge >= 0.3 is 0 Å². The molecular formula is C38H45IrN2O2-. The fraction of sp³-hybridized carbons (Fsp3) is 0.395. The predicted octanol–water partition coefficient (Wildman–Crippen LogP) is 9.79. The Balaban J connectivity index is 0.000000310. The molecule has 1 heterocycles. The summed E-state index contributed by atoms with van der Waals surface area (Å²) in [6.07, 6.45) is 3.04. The molecule has 1 radical (unpaired) electrons. The number of fused-ring (bicyclic) bond motifs is 5. The van der Waals surface area contributed by atoms with Gasteiger partial charge in [0, 0.05) is 42.4 Å². The molecule has 1 aromatic heterocycles. The number of aliphatic hydroxyl groups excluding tert-OH is 1. The fourth-order valence-electron chi connectivity index (χ4n) is 5.09. The second kappa shape index (κ2) is 12.1. The van der Waals surface area contributed by atoms with Crippen LogP contribution in [-0.2, 0) is 35.7 Å². The molecule has 0 spiro atoms. The molecule has 3 aromatic carbocycles. The maximum absolute atomic E-state index is 11.5. The molecule has 1 N–H and O–H groups in total. The van der Waals surface area contributed by atoms with Crippen molar-refractivity contribution < 1.29 is 30.0 Å². The van der Waals surface area contributed by atoms with Gasteiger partial charge in [0.15, 0.2) is 5.78 Å². The van der Waals surface area contributed by atoms with Crippen molar-refractivity contribution in [1.29, 1.82) is 0 Å². The summed E-state index contributed by atoms with van der Waals surface area (Å²) in [6.45, 7) is 22.3. The van der Waals surface area contributed by atoms with E-state index >= 15 is 0 Å². The number of hydrogen-bond acceptors (Lipinski definition) is 4. The summed E-state index contributed by atoms with van der Waals surface area (Å²) in [5, 5.41) is 12.1. The molecule has 0 bridgehead atoms. The predicted molar refractivity (Wildman–Crippen MR) is 175 cm³/mol. The van der Waals surface area contributed by atoms with Crippen LogP contribution < -0.4 is 0 Å². The van der Waals surface area contributed by atoms with Gasteiger partial charge in [-0.3, -0.25) is 9.78 Å². The minimum atomic E-state index is -0.417. The first-order valence-corrected chi connectivity index (χ1v) is 14.7. The smallest absolute Gasteiger partial charge is 0.164 e. The third-order valence-corrected chi connectivity index (χ3v) is 8.00. The van der Waals surface area contributed by atoms with Gasteiger partial charge < -0.3 is 5.11 Å². The van der Waals surface area contributed by atoms with E-state index in [0.29, 0.717) is 0 Å². The number of allylic oxidation sites excluding steroid dienone is 2. The van der Waals surface area contributed by atoms with Gasteiger partial charge in [0.2, 0.25) is 0 Å². The van der Waals surface area contributed by atoms with E-state index in [1.165, 1.54) is 33.5 Å². The molecule has 0 fully saturated rings. The van der Waals surface area contributed by atoms with Crippen LogP contribution >= 0.6 is 0 Å². The first-order chi connectivity index (χ1) is 19.3. The third kappa shape index (κ3) is 7.00. The maximum atomic E-state index is 11.5. The van der Waals surface area contributed by atoms with Crippen LogP contribution in [0.3, 0.4) is 0 Å². The van der Waals surface area contributed by atoms with Gasteiger partial charge in [0.05, 0.1) is 5.69 Å². The van der Waals surface area contributed by atoms with Crippen LogP contribution in [0.25, 0.3) is 33.2 Å². The van der Waals surface area contributed by atoms with Gasteiger partial charge in [-0.15, -0.1) is 35.4 Å². The van der Waals surface area contributed by atoms with E-state index in [4.69, 9.17) is 9.97 Å². The molecule has 4 aromatic rings. The molecule has 0 unspecified atom stereocenters. The number of rotatable bonds is 2. The zero-order valence-electron chi connectivity index (χ0n) is 27.4. The summed E-state index contributed by atoms with van der Waals surface area (Å²) in [4.78, 5) is 21.0. The average molecular weight is 754 g/mol. The molecule has 1 aliphatic rings. The van der Waals surface area contributed by atoms with Crippen LogP contribution in [0.2, 0.25) is 0 Å². The molecule has 0 saturated carbocycles. The van der Waals surface area contributed by atoms with Crippen molar-refractivity contribution in [2.45, 2.75) is 87.0 Å². The molecule has 1 aliphatic carbocycles. The van der Waals surface area contributed by atoms with Gasteiger partial charge in [-0.05, 0) is 38.6 Å².